The quantitative estimate of drug-likeness (QED) is 0.231. The number of likely N-dealkylation sites (tertiary alicyclic amines) is 1. The Balaban J connectivity index is 1.29. The number of amides is 2. The molecule has 7 nitrogen and oxygen atoms in total. The summed E-state index contributed by atoms with van der Waals surface area (Å²) in [4.78, 5) is 42.8. The maximum atomic E-state index is 13.8. The van der Waals surface area contributed by atoms with Gasteiger partial charge < -0.3 is 20.0 Å². The van der Waals surface area contributed by atoms with Crippen molar-refractivity contribution in [1.82, 2.24) is 15.5 Å². The van der Waals surface area contributed by atoms with E-state index in [9.17, 15) is 14.4 Å². The highest BCUT2D eigenvalue weighted by molar-refractivity contribution is 6.30. The molecule has 1 saturated heterocycles. The van der Waals surface area contributed by atoms with Gasteiger partial charge in [-0.25, -0.2) is 0 Å². The van der Waals surface area contributed by atoms with Crippen LogP contribution in [0.4, 0.5) is 0 Å². The van der Waals surface area contributed by atoms with Crippen molar-refractivity contribution in [3.05, 3.63) is 80.7 Å². The van der Waals surface area contributed by atoms with Crippen molar-refractivity contribution in [3.63, 3.8) is 0 Å². The molecular formula is C39H52ClN3O4. The van der Waals surface area contributed by atoms with Gasteiger partial charge in [-0.1, -0.05) is 62.9 Å². The van der Waals surface area contributed by atoms with Gasteiger partial charge in [0.25, 0.3) is 5.91 Å². The Morgan fingerprint density at radius 3 is 2.32 bits per heavy atom. The first kappa shape index (κ1) is 35.2. The number of fused-ring (bicyclic) bond motifs is 1. The molecule has 47 heavy (non-hydrogen) atoms. The predicted octanol–water partition coefficient (Wildman–Crippen LogP) is 7.88. The highest BCUT2D eigenvalue weighted by atomic mass is 35.5. The van der Waals surface area contributed by atoms with Gasteiger partial charge in [0.1, 0.15) is 5.58 Å². The molecule has 2 aliphatic rings. The van der Waals surface area contributed by atoms with E-state index < -0.39 is 5.91 Å². The largest absolute Gasteiger partial charge is 0.451 e. The van der Waals surface area contributed by atoms with Crippen LogP contribution in [0.3, 0.4) is 0 Å². The van der Waals surface area contributed by atoms with Crippen LogP contribution in [0.5, 0.6) is 0 Å². The van der Waals surface area contributed by atoms with Gasteiger partial charge in [0.15, 0.2) is 11.2 Å². The van der Waals surface area contributed by atoms with E-state index in [1.807, 2.05) is 36.4 Å². The smallest absolute Gasteiger partial charge is 0.287 e. The zero-order valence-electron chi connectivity index (χ0n) is 28.8. The number of carbonyl (C=O) groups excluding carboxylic acids is 2. The zero-order valence-corrected chi connectivity index (χ0v) is 29.6. The van der Waals surface area contributed by atoms with Crippen LogP contribution >= 0.6 is 11.6 Å². The Morgan fingerprint density at radius 1 is 1.00 bits per heavy atom. The topological polar surface area (TPSA) is 91.7 Å². The van der Waals surface area contributed by atoms with Gasteiger partial charge in [0, 0.05) is 29.2 Å². The molecule has 1 atom stereocenters. The minimum absolute atomic E-state index is 0.0148. The van der Waals surface area contributed by atoms with Crippen LogP contribution in [-0.2, 0) is 11.2 Å². The number of hydrogen-bond acceptors (Lipinski definition) is 5. The standard InChI is InChI=1S/C39H52ClN3O4/c1-26(2)28-13-16-34-32(24-28)33(44)25-35(47-34)36(45)41-31(23-27-11-14-30(40)15-12-27)17-20-43-21-18-39(19-22-43,29-9-7-6-8-10-29)37(46)42-38(3,4)5/h11-16,24-26,29,31H,6-10,17-23H2,1-5H3,(H,41,45)(H,42,46)/t31-/m1/s1. The monoisotopic (exact) mass is 661 g/mol. The maximum Gasteiger partial charge on any atom is 0.287 e. The Hall–Kier alpha value is -3.16. The number of piperidine rings is 1. The summed E-state index contributed by atoms with van der Waals surface area (Å²) < 4.78 is 5.96. The molecule has 0 spiro atoms. The van der Waals surface area contributed by atoms with Crippen molar-refractivity contribution in [2.75, 3.05) is 19.6 Å². The van der Waals surface area contributed by atoms with E-state index in [2.05, 4.69) is 50.2 Å². The molecule has 3 aromatic rings. The summed E-state index contributed by atoms with van der Waals surface area (Å²) >= 11 is 6.15. The Bertz CT molecular complexity index is 1590. The maximum absolute atomic E-state index is 13.8. The average Bonchev–Trinajstić information content (AvgIpc) is 3.04. The molecule has 0 radical (unpaired) electrons. The van der Waals surface area contributed by atoms with E-state index in [4.69, 9.17) is 16.0 Å². The molecule has 0 bridgehead atoms. The highest BCUT2D eigenvalue weighted by Gasteiger charge is 2.48. The van der Waals surface area contributed by atoms with Crippen molar-refractivity contribution in [2.24, 2.45) is 11.3 Å². The van der Waals surface area contributed by atoms with Gasteiger partial charge in [0.05, 0.1) is 10.8 Å². The lowest BCUT2D eigenvalue weighted by Gasteiger charge is -2.47. The van der Waals surface area contributed by atoms with E-state index in [0.29, 0.717) is 34.8 Å². The normalized spacial score (nSPS) is 18.3. The first-order valence-corrected chi connectivity index (χ1v) is 17.9. The molecule has 1 saturated carbocycles. The Kier molecular flexibility index (Phi) is 11.2. The lowest BCUT2D eigenvalue weighted by Crippen LogP contribution is -2.56. The number of benzene rings is 2. The lowest BCUT2D eigenvalue weighted by atomic mass is 9.63. The van der Waals surface area contributed by atoms with E-state index in [1.165, 1.54) is 25.3 Å². The number of carbonyl (C=O) groups is 2. The van der Waals surface area contributed by atoms with Gasteiger partial charge in [-0.05, 0) is 120 Å². The molecule has 1 aromatic heterocycles. The molecule has 1 aliphatic carbocycles. The second-order valence-electron chi connectivity index (χ2n) is 15.2. The molecule has 2 N–H and O–H groups in total. The second kappa shape index (κ2) is 14.9. The summed E-state index contributed by atoms with van der Waals surface area (Å²) in [5.41, 5.74) is 1.72. The first-order chi connectivity index (χ1) is 22.3. The lowest BCUT2D eigenvalue weighted by molar-refractivity contribution is -0.141. The second-order valence-corrected chi connectivity index (χ2v) is 15.6. The molecule has 5 rings (SSSR count). The summed E-state index contributed by atoms with van der Waals surface area (Å²) in [6, 6.07) is 14.4. The van der Waals surface area contributed by atoms with Gasteiger partial charge in [0.2, 0.25) is 5.91 Å². The summed E-state index contributed by atoms with van der Waals surface area (Å²) in [5, 5.41) is 7.66. The fourth-order valence-corrected chi connectivity index (χ4v) is 7.61. The zero-order chi connectivity index (χ0) is 33.8. The number of nitrogens with zero attached hydrogens (tertiary/aromatic N) is 1. The van der Waals surface area contributed by atoms with E-state index >= 15 is 0 Å². The van der Waals surface area contributed by atoms with Crippen molar-refractivity contribution < 1.29 is 14.0 Å². The molecule has 2 heterocycles. The van der Waals surface area contributed by atoms with Crippen LogP contribution in [-0.4, -0.2) is 47.9 Å². The Morgan fingerprint density at radius 2 is 1.68 bits per heavy atom. The van der Waals surface area contributed by atoms with Gasteiger partial charge >= 0.3 is 0 Å². The molecule has 0 unspecified atom stereocenters. The molecule has 2 fully saturated rings. The van der Waals surface area contributed by atoms with E-state index in [1.54, 1.807) is 6.07 Å². The van der Waals surface area contributed by atoms with Crippen LogP contribution in [0.15, 0.2) is 57.7 Å². The molecule has 8 heteroatoms. The highest BCUT2D eigenvalue weighted by Crippen LogP contribution is 2.46. The average molecular weight is 662 g/mol. The predicted molar refractivity (Wildman–Crippen MR) is 190 cm³/mol. The number of halogens is 1. The van der Waals surface area contributed by atoms with Gasteiger partial charge in [-0.15, -0.1) is 0 Å². The van der Waals surface area contributed by atoms with Crippen LogP contribution in [0.1, 0.15) is 114 Å². The summed E-state index contributed by atoms with van der Waals surface area (Å²) in [5.74, 6) is 0.554. The van der Waals surface area contributed by atoms with Crippen molar-refractivity contribution in [2.45, 2.75) is 110 Å². The van der Waals surface area contributed by atoms with Crippen molar-refractivity contribution in [3.8, 4) is 0 Å². The fraction of sp³-hybridized carbons (Fsp3) is 0.564. The number of hydrogen-bond donors (Lipinski definition) is 2. The van der Waals surface area contributed by atoms with Gasteiger partial charge in [-0.2, -0.15) is 0 Å². The molecule has 1 aliphatic heterocycles. The number of rotatable bonds is 10. The minimum Gasteiger partial charge on any atom is -0.451 e. The van der Waals surface area contributed by atoms with E-state index in [-0.39, 0.29) is 40.0 Å². The molecule has 2 amide bonds. The summed E-state index contributed by atoms with van der Waals surface area (Å²) in [7, 11) is 0. The summed E-state index contributed by atoms with van der Waals surface area (Å²) in [6.07, 6.45) is 9.00. The number of nitrogens with one attached hydrogen (secondary N) is 2. The summed E-state index contributed by atoms with van der Waals surface area (Å²) in [6.45, 7) is 12.8. The van der Waals surface area contributed by atoms with Crippen LogP contribution < -0.4 is 16.1 Å². The molecule has 254 valence electrons. The Labute approximate surface area is 284 Å². The van der Waals surface area contributed by atoms with Crippen molar-refractivity contribution in [1.29, 1.82) is 0 Å². The van der Waals surface area contributed by atoms with Gasteiger partial charge in [-0.3, -0.25) is 14.4 Å². The van der Waals surface area contributed by atoms with Crippen LogP contribution in [0.25, 0.3) is 11.0 Å². The molecule has 2 aromatic carbocycles. The molecular weight excluding hydrogens is 610 g/mol. The first-order valence-electron chi connectivity index (χ1n) is 17.5. The third kappa shape index (κ3) is 8.85. The third-order valence-electron chi connectivity index (χ3n) is 10.2. The SMILES string of the molecule is CC(C)c1ccc2oc(C(=O)N[C@H](CCN3CCC(C(=O)NC(C)(C)C)(C4CCCCC4)CC3)Cc3ccc(Cl)cc3)cc(=O)c2c1. The van der Waals surface area contributed by atoms with E-state index in [0.717, 1.165) is 56.4 Å². The van der Waals surface area contributed by atoms with Crippen LogP contribution in [0, 0.1) is 11.3 Å². The fourth-order valence-electron chi connectivity index (χ4n) is 7.49. The minimum atomic E-state index is -0.398. The third-order valence-corrected chi connectivity index (χ3v) is 10.5. The van der Waals surface area contributed by atoms with Crippen molar-refractivity contribution >= 4 is 34.4 Å². The van der Waals surface area contributed by atoms with Crippen LogP contribution in [0.2, 0.25) is 5.02 Å².